The lowest BCUT2D eigenvalue weighted by molar-refractivity contribution is 0.660. The molecule has 1 aliphatic carbocycles. The van der Waals surface area contributed by atoms with Crippen molar-refractivity contribution in [2.24, 2.45) is 0 Å². The van der Waals surface area contributed by atoms with Crippen LogP contribution >= 0.6 is 0 Å². The topological polar surface area (TPSA) is 38.7 Å². The molecular formula is C42H31N3. The van der Waals surface area contributed by atoms with Crippen LogP contribution in [0.2, 0.25) is 0 Å². The van der Waals surface area contributed by atoms with Gasteiger partial charge in [0.05, 0.1) is 0 Å². The van der Waals surface area contributed by atoms with Crippen LogP contribution in [-0.2, 0) is 5.41 Å². The Kier molecular flexibility index (Phi) is 6.46. The molecule has 0 atom stereocenters. The van der Waals surface area contributed by atoms with Crippen molar-refractivity contribution in [3.05, 3.63) is 163 Å². The minimum Gasteiger partial charge on any atom is -0.208 e. The van der Waals surface area contributed by atoms with Crippen LogP contribution in [0.3, 0.4) is 0 Å². The van der Waals surface area contributed by atoms with Crippen LogP contribution < -0.4 is 0 Å². The van der Waals surface area contributed by atoms with E-state index in [2.05, 4.69) is 98.8 Å². The maximum absolute atomic E-state index is 5.00. The van der Waals surface area contributed by atoms with Gasteiger partial charge in [-0.1, -0.05) is 166 Å². The van der Waals surface area contributed by atoms with Gasteiger partial charge in [-0.05, 0) is 44.5 Å². The predicted octanol–water partition coefficient (Wildman–Crippen LogP) is 10.5. The largest absolute Gasteiger partial charge is 0.208 e. The summed E-state index contributed by atoms with van der Waals surface area (Å²) in [7, 11) is 0. The van der Waals surface area contributed by atoms with Gasteiger partial charge in [0, 0.05) is 22.1 Å². The molecule has 1 heterocycles. The van der Waals surface area contributed by atoms with Crippen molar-refractivity contribution in [1.82, 2.24) is 15.0 Å². The first-order valence-electron chi connectivity index (χ1n) is 15.4. The molecule has 3 nitrogen and oxygen atoms in total. The first-order valence-corrected chi connectivity index (χ1v) is 15.4. The van der Waals surface area contributed by atoms with E-state index >= 15 is 0 Å². The summed E-state index contributed by atoms with van der Waals surface area (Å²) in [4.78, 5) is 14.9. The Morgan fingerprint density at radius 3 is 1.40 bits per heavy atom. The van der Waals surface area contributed by atoms with Crippen LogP contribution in [-0.4, -0.2) is 15.0 Å². The van der Waals surface area contributed by atoms with Crippen molar-refractivity contribution in [3.8, 4) is 67.5 Å². The number of nitrogens with zero attached hydrogens (tertiary/aromatic N) is 3. The average molecular weight is 578 g/mol. The molecule has 0 fully saturated rings. The van der Waals surface area contributed by atoms with Crippen molar-refractivity contribution in [2.75, 3.05) is 0 Å². The zero-order valence-electron chi connectivity index (χ0n) is 25.3. The summed E-state index contributed by atoms with van der Waals surface area (Å²) in [6.07, 6.45) is 0. The molecular weight excluding hydrogens is 546 g/mol. The van der Waals surface area contributed by atoms with Gasteiger partial charge in [0.25, 0.3) is 0 Å². The van der Waals surface area contributed by atoms with Gasteiger partial charge >= 0.3 is 0 Å². The Balaban J connectivity index is 1.23. The normalized spacial score (nSPS) is 12.8. The fourth-order valence-corrected chi connectivity index (χ4v) is 6.68. The summed E-state index contributed by atoms with van der Waals surface area (Å²) in [5.41, 5.74) is 13.0. The summed E-state index contributed by atoms with van der Waals surface area (Å²) in [6.45, 7) is 4.66. The Labute approximate surface area is 264 Å². The third-order valence-electron chi connectivity index (χ3n) is 8.98. The number of benzene rings is 6. The fraction of sp³-hybridized carbons (Fsp3) is 0.0714. The van der Waals surface area contributed by atoms with Gasteiger partial charge in [0.2, 0.25) is 0 Å². The molecule has 7 aromatic rings. The average Bonchev–Trinajstić information content (AvgIpc) is 3.35. The van der Waals surface area contributed by atoms with Crippen LogP contribution in [0, 0.1) is 0 Å². The van der Waals surface area contributed by atoms with Crippen LogP contribution in [0.25, 0.3) is 67.5 Å². The van der Waals surface area contributed by atoms with Gasteiger partial charge in [-0.25, -0.2) is 15.0 Å². The third kappa shape index (κ3) is 4.65. The van der Waals surface area contributed by atoms with E-state index in [1.807, 2.05) is 66.7 Å². The Morgan fingerprint density at radius 1 is 0.333 bits per heavy atom. The Bertz CT molecular complexity index is 2110. The lowest BCUT2D eigenvalue weighted by Gasteiger charge is -2.21. The van der Waals surface area contributed by atoms with Gasteiger partial charge < -0.3 is 0 Å². The number of hydrogen-bond acceptors (Lipinski definition) is 3. The molecule has 0 saturated carbocycles. The van der Waals surface area contributed by atoms with E-state index in [1.165, 1.54) is 33.4 Å². The van der Waals surface area contributed by atoms with Crippen molar-refractivity contribution in [1.29, 1.82) is 0 Å². The number of rotatable bonds is 5. The van der Waals surface area contributed by atoms with Crippen LogP contribution in [0.5, 0.6) is 0 Å². The van der Waals surface area contributed by atoms with Crippen LogP contribution in [0.4, 0.5) is 0 Å². The minimum absolute atomic E-state index is 0.0252. The fourth-order valence-electron chi connectivity index (χ4n) is 6.68. The van der Waals surface area contributed by atoms with Crippen LogP contribution in [0.15, 0.2) is 152 Å². The van der Waals surface area contributed by atoms with Gasteiger partial charge in [-0.15, -0.1) is 0 Å². The molecule has 0 saturated heterocycles. The highest BCUT2D eigenvalue weighted by Gasteiger charge is 2.36. The van der Waals surface area contributed by atoms with E-state index in [1.54, 1.807) is 0 Å². The molecule has 45 heavy (non-hydrogen) atoms. The smallest absolute Gasteiger partial charge is 0.164 e. The number of fused-ring (bicyclic) bond motifs is 3. The van der Waals surface area contributed by atoms with Crippen LogP contribution in [0.1, 0.15) is 25.0 Å². The zero-order chi connectivity index (χ0) is 30.4. The quantitative estimate of drug-likeness (QED) is 0.204. The highest BCUT2D eigenvalue weighted by atomic mass is 15.0. The molecule has 0 unspecified atom stereocenters. The molecule has 0 bridgehead atoms. The summed E-state index contributed by atoms with van der Waals surface area (Å²) in [5, 5.41) is 0. The van der Waals surface area contributed by atoms with Gasteiger partial charge in [0.1, 0.15) is 0 Å². The third-order valence-corrected chi connectivity index (χ3v) is 8.98. The second-order valence-corrected chi connectivity index (χ2v) is 12.1. The Morgan fingerprint density at radius 2 is 0.778 bits per heavy atom. The molecule has 0 aliphatic heterocycles. The molecule has 0 radical (unpaired) electrons. The first kappa shape index (κ1) is 26.9. The van der Waals surface area contributed by atoms with E-state index in [0.717, 1.165) is 27.8 Å². The summed E-state index contributed by atoms with van der Waals surface area (Å²) in [5.74, 6) is 1.97. The van der Waals surface area contributed by atoms with Crippen molar-refractivity contribution in [2.45, 2.75) is 19.3 Å². The van der Waals surface area contributed by atoms with E-state index in [9.17, 15) is 0 Å². The summed E-state index contributed by atoms with van der Waals surface area (Å²) < 4.78 is 0. The first-order chi connectivity index (χ1) is 22.1. The van der Waals surface area contributed by atoms with Crippen molar-refractivity contribution < 1.29 is 0 Å². The maximum Gasteiger partial charge on any atom is 0.164 e. The summed E-state index contributed by atoms with van der Waals surface area (Å²) >= 11 is 0. The molecule has 214 valence electrons. The Hall–Kier alpha value is -5.67. The van der Waals surface area contributed by atoms with Gasteiger partial charge in [-0.3, -0.25) is 0 Å². The standard InChI is InChI=1S/C42H31N3/c1-42(2)36-22-12-11-20-35(36)38-33(21-13-23-37(38)42)29-26-24-28(25-27-29)32-18-9-10-19-34(32)41-44-39(30-14-5-3-6-15-30)43-40(45-41)31-16-7-4-8-17-31/h3-27H,1-2H3. The summed E-state index contributed by atoms with van der Waals surface area (Å²) in [6, 6.07) is 53.1. The second kappa shape index (κ2) is 10.8. The molecule has 0 spiro atoms. The van der Waals surface area contributed by atoms with Gasteiger partial charge in [0.15, 0.2) is 17.5 Å². The molecule has 0 amide bonds. The zero-order valence-corrected chi connectivity index (χ0v) is 25.3. The lowest BCUT2D eigenvalue weighted by atomic mass is 9.82. The molecule has 1 aliphatic rings. The number of aromatic nitrogens is 3. The van der Waals surface area contributed by atoms with E-state index < -0.39 is 0 Å². The highest BCUT2D eigenvalue weighted by Crippen LogP contribution is 2.52. The molecule has 6 aromatic carbocycles. The molecule has 1 aromatic heterocycles. The molecule has 3 heteroatoms. The van der Waals surface area contributed by atoms with E-state index in [0.29, 0.717) is 17.5 Å². The minimum atomic E-state index is -0.0252. The highest BCUT2D eigenvalue weighted by molar-refractivity contribution is 5.93. The van der Waals surface area contributed by atoms with Crippen molar-refractivity contribution in [3.63, 3.8) is 0 Å². The molecule has 8 rings (SSSR count). The van der Waals surface area contributed by atoms with E-state index in [-0.39, 0.29) is 5.41 Å². The lowest BCUT2D eigenvalue weighted by Crippen LogP contribution is -2.14. The molecule has 0 N–H and O–H groups in total. The second-order valence-electron chi connectivity index (χ2n) is 12.1. The van der Waals surface area contributed by atoms with Crippen molar-refractivity contribution >= 4 is 0 Å². The maximum atomic E-state index is 5.00. The number of hydrogen-bond donors (Lipinski definition) is 0. The van der Waals surface area contributed by atoms with Gasteiger partial charge in [-0.2, -0.15) is 0 Å². The van der Waals surface area contributed by atoms with E-state index in [4.69, 9.17) is 15.0 Å². The SMILES string of the molecule is CC1(C)c2ccccc2-c2c(-c3ccc(-c4ccccc4-c4nc(-c5ccccc5)nc(-c5ccccc5)n4)cc3)cccc21. The monoisotopic (exact) mass is 577 g/mol. The predicted molar refractivity (Wildman–Crippen MR) is 185 cm³/mol.